The minimum Gasteiger partial charge on any atom is -0.392 e. The molecule has 4 aliphatic carbocycles. The van der Waals surface area contributed by atoms with Crippen molar-refractivity contribution in [2.24, 2.45) is 29.1 Å². The highest BCUT2D eigenvalue weighted by atomic mass is 16.3. The summed E-state index contributed by atoms with van der Waals surface area (Å²) < 4.78 is 0. The van der Waals surface area contributed by atoms with E-state index in [-0.39, 0.29) is 11.5 Å². The molecule has 4 aliphatic rings. The predicted octanol–water partition coefficient (Wildman–Crippen LogP) is 4.70. The lowest BCUT2D eigenvalue weighted by atomic mass is 9.54. The average molecular weight is 298 g/mol. The molecule has 0 aromatic rings. The first-order valence-corrected chi connectivity index (χ1v) is 9.54. The van der Waals surface area contributed by atoms with E-state index in [1.54, 1.807) is 0 Å². The molecule has 0 amide bonds. The topological polar surface area (TPSA) is 20.2 Å². The number of allylic oxidation sites excluding steroid dienone is 2. The molecule has 3 saturated carbocycles. The molecule has 0 spiro atoms. The minimum atomic E-state index is -0.125. The lowest BCUT2D eigenvalue weighted by molar-refractivity contribution is -0.00230. The van der Waals surface area contributed by atoms with Crippen LogP contribution >= 0.6 is 0 Å². The quantitative estimate of drug-likeness (QED) is 0.549. The second kappa shape index (κ2) is 5.72. The molecule has 0 radical (unpaired) electrons. The minimum absolute atomic E-state index is 0.0820. The van der Waals surface area contributed by atoms with E-state index < -0.39 is 0 Å². The van der Waals surface area contributed by atoms with Gasteiger partial charge < -0.3 is 5.11 Å². The van der Waals surface area contributed by atoms with E-state index in [2.05, 4.69) is 17.9 Å². The van der Waals surface area contributed by atoms with Crippen molar-refractivity contribution in [3.05, 3.63) is 11.6 Å². The average Bonchev–Trinajstić information content (AvgIpc) is 2.90. The lowest BCUT2D eigenvalue weighted by Crippen LogP contribution is -2.45. The molecule has 0 aliphatic heterocycles. The maximum atomic E-state index is 10.7. The Kier molecular flexibility index (Phi) is 3.85. The van der Waals surface area contributed by atoms with E-state index in [4.69, 9.17) is 0 Å². The zero-order chi connectivity index (χ0) is 15.2. The van der Waals surface area contributed by atoms with Gasteiger partial charge in [-0.3, -0.25) is 0 Å². The normalized spacial score (nSPS) is 46.6. The summed E-state index contributed by atoms with van der Waals surface area (Å²) in [4.78, 5) is 0. The zero-order valence-corrected chi connectivity index (χ0v) is 14.0. The van der Waals surface area contributed by atoms with Crippen molar-refractivity contribution in [1.29, 1.82) is 0 Å². The molecule has 1 heteroatoms. The Balaban J connectivity index is 1.66. The van der Waals surface area contributed by atoms with Crippen molar-refractivity contribution in [2.75, 3.05) is 0 Å². The van der Waals surface area contributed by atoms with Crippen LogP contribution in [-0.2, 0) is 0 Å². The summed E-state index contributed by atoms with van der Waals surface area (Å²) >= 11 is 0. The number of aliphatic hydroxyl groups is 1. The number of hydrogen-bond donors (Lipinski definition) is 1. The Hall–Kier alpha value is -0.740. The van der Waals surface area contributed by atoms with Crippen LogP contribution in [-0.4, -0.2) is 11.2 Å². The van der Waals surface area contributed by atoms with Gasteiger partial charge in [0, 0.05) is 11.8 Å². The molecule has 0 aromatic carbocycles. The van der Waals surface area contributed by atoms with Crippen molar-refractivity contribution in [3.8, 4) is 11.8 Å². The van der Waals surface area contributed by atoms with Crippen LogP contribution in [0.15, 0.2) is 11.6 Å². The van der Waals surface area contributed by atoms with Gasteiger partial charge in [0.25, 0.3) is 0 Å². The maximum Gasteiger partial charge on any atom is 0.0611 e. The van der Waals surface area contributed by atoms with Crippen LogP contribution in [0.25, 0.3) is 0 Å². The Bertz CT molecular complexity index is 522. The van der Waals surface area contributed by atoms with Gasteiger partial charge in [-0.25, -0.2) is 0 Å². The highest BCUT2D eigenvalue weighted by Gasteiger charge is 2.55. The Labute approximate surface area is 135 Å². The van der Waals surface area contributed by atoms with E-state index in [1.165, 1.54) is 44.9 Å². The molecule has 22 heavy (non-hydrogen) atoms. The highest BCUT2D eigenvalue weighted by Crippen LogP contribution is 2.61. The number of hydrogen-bond acceptors (Lipinski definition) is 1. The first-order valence-electron chi connectivity index (χ1n) is 9.54. The van der Waals surface area contributed by atoms with Gasteiger partial charge in [0.05, 0.1) is 6.10 Å². The molecule has 6 atom stereocenters. The van der Waals surface area contributed by atoms with E-state index in [9.17, 15) is 5.11 Å². The van der Waals surface area contributed by atoms with Gasteiger partial charge in [-0.15, -0.1) is 11.8 Å². The van der Waals surface area contributed by atoms with Crippen molar-refractivity contribution in [3.63, 3.8) is 0 Å². The monoisotopic (exact) mass is 298 g/mol. The van der Waals surface area contributed by atoms with Gasteiger partial charge in [0.2, 0.25) is 0 Å². The lowest BCUT2D eigenvalue weighted by Gasteiger charge is -2.51. The van der Waals surface area contributed by atoms with Gasteiger partial charge >= 0.3 is 0 Å². The fourth-order valence-corrected chi connectivity index (χ4v) is 6.49. The van der Waals surface area contributed by atoms with E-state index >= 15 is 0 Å². The van der Waals surface area contributed by atoms with Crippen molar-refractivity contribution in [2.45, 2.75) is 77.2 Å². The number of rotatable bonds is 1. The molecule has 120 valence electrons. The van der Waals surface area contributed by atoms with Gasteiger partial charge in [0.1, 0.15) is 0 Å². The van der Waals surface area contributed by atoms with E-state index in [1.807, 2.05) is 12.5 Å². The SMILES string of the molecule is CC#CC[C@]12CC=C3[C@H]4CCCCC4CC[C@H]3[C@@H]1CC[C@@H]2O. The van der Waals surface area contributed by atoms with Crippen LogP contribution in [0.4, 0.5) is 0 Å². The van der Waals surface area contributed by atoms with Crippen LogP contribution in [0, 0.1) is 40.9 Å². The van der Waals surface area contributed by atoms with Crippen molar-refractivity contribution in [1.82, 2.24) is 0 Å². The molecule has 0 aromatic heterocycles. The summed E-state index contributed by atoms with van der Waals surface area (Å²) in [5.74, 6) is 9.74. The summed E-state index contributed by atoms with van der Waals surface area (Å²) in [7, 11) is 0. The molecule has 0 saturated heterocycles. The first kappa shape index (κ1) is 14.8. The predicted molar refractivity (Wildman–Crippen MR) is 90.1 cm³/mol. The van der Waals surface area contributed by atoms with Gasteiger partial charge in [-0.2, -0.15) is 0 Å². The first-order chi connectivity index (χ1) is 10.8. The summed E-state index contributed by atoms with van der Waals surface area (Å²) in [5.41, 5.74) is 1.90. The van der Waals surface area contributed by atoms with Crippen LogP contribution in [0.3, 0.4) is 0 Å². The van der Waals surface area contributed by atoms with Crippen molar-refractivity contribution < 1.29 is 5.11 Å². The third kappa shape index (κ3) is 2.10. The van der Waals surface area contributed by atoms with E-state index in [0.717, 1.165) is 37.0 Å². The molecule has 0 heterocycles. The summed E-state index contributed by atoms with van der Waals surface area (Å²) in [6.45, 7) is 1.93. The number of fused-ring (bicyclic) bond motifs is 5. The third-order valence-electron chi connectivity index (χ3n) is 7.56. The van der Waals surface area contributed by atoms with Crippen molar-refractivity contribution >= 4 is 0 Å². The van der Waals surface area contributed by atoms with Gasteiger partial charge in [-0.1, -0.05) is 24.5 Å². The zero-order valence-electron chi connectivity index (χ0n) is 14.0. The van der Waals surface area contributed by atoms with Crippen LogP contribution < -0.4 is 0 Å². The molecular formula is C21H30O. The maximum absolute atomic E-state index is 10.7. The fraction of sp³-hybridized carbons (Fsp3) is 0.810. The van der Waals surface area contributed by atoms with Gasteiger partial charge in [0.15, 0.2) is 0 Å². The largest absolute Gasteiger partial charge is 0.392 e. The smallest absolute Gasteiger partial charge is 0.0611 e. The number of aliphatic hydroxyl groups excluding tert-OH is 1. The van der Waals surface area contributed by atoms with Crippen LogP contribution in [0.2, 0.25) is 0 Å². The second-order valence-corrected chi connectivity index (χ2v) is 8.28. The molecule has 0 bridgehead atoms. The second-order valence-electron chi connectivity index (χ2n) is 8.28. The Morgan fingerprint density at radius 2 is 1.95 bits per heavy atom. The fourth-order valence-electron chi connectivity index (χ4n) is 6.49. The summed E-state index contributed by atoms with van der Waals surface area (Å²) in [6.07, 6.45) is 15.3. The molecule has 4 rings (SSSR count). The van der Waals surface area contributed by atoms with Crippen LogP contribution in [0.1, 0.15) is 71.1 Å². The molecular weight excluding hydrogens is 268 g/mol. The van der Waals surface area contributed by atoms with Crippen LogP contribution in [0.5, 0.6) is 0 Å². The molecule has 3 fully saturated rings. The van der Waals surface area contributed by atoms with E-state index in [0.29, 0.717) is 5.92 Å². The summed E-state index contributed by atoms with van der Waals surface area (Å²) in [5, 5.41) is 10.7. The highest BCUT2D eigenvalue weighted by molar-refractivity contribution is 5.26. The Morgan fingerprint density at radius 3 is 2.82 bits per heavy atom. The molecule has 1 N–H and O–H groups in total. The van der Waals surface area contributed by atoms with Gasteiger partial charge in [-0.05, 0) is 75.5 Å². The third-order valence-corrected chi connectivity index (χ3v) is 7.56. The molecule has 1 unspecified atom stereocenters. The standard InChI is InChI=1S/C21H30O/c1-2-3-13-21-14-12-17-16-7-5-4-6-15(16)8-9-18(17)19(21)10-11-20(21)22/h12,15-16,18-20,22H,4-11,13-14H2,1H3/t15?,16-,18+,19-,20-,21-/m0/s1. The summed E-state index contributed by atoms with van der Waals surface area (Å²) in [6, 6.07) is 0. The Morgan fingerprint density at radius 1 is 1.09 bits per heavy atom. The molecule has 1 nitrogen and oxygen atoms in total.